The van der Waals surface area contributed by atoms with Gasteiger partial charge >= 0.3 is 0 Å². The quantitative estimate of drug-likeness (QED) is 0.790. The monoisotopic (exact) mass is 385 g/mol. The summed E-state index contributed by atoms with van der Waals surface area (Å²) in [6.45, 7) is 7.77. The van der Waals surface area contributed by atoms with E-state index in [2.05, 4.69) is 20.5 Å². The maximum atomic E-state index is 13.1. The first-order valence-electron chi connectivity index (χ1n) is 8.40. The van der Waals surface area contributed by atoms with Crippen LogP contribution in [0.5, 0.6) is 0 Å². The topological polar surface area (TPSA) is 73.9 Å². The summed E-state index contributed by atoms with van der Waals surface area (Å²) in [4.78, 5) is 19.5. The average Bonchev–Trinajstić information content (AvgIpc) is 3.14. The first-order chi connectivity index (χ1) is 11.1. The zero-order chi connectivity index (χ0) is 16.0. The molecule has 25 heavy (non-hydrogen) atoms. The van der Waals surface area contributed by atoms with Crippen molar-refractivity contribution in [2.75, 3.05) is 26.2 Å². The van der Waals surface area contributed by atoms with E-state index in [1.807, 2.05) is 24.8 Å². The summed E-state index contributed by atoms with van der Waals surface area (Å²) in [5.74, 6) is 0.116. The summed E-state index contributed by atoms with van der Waals surface area (Å²) >= 11 is 0. The first-order valence-corrected chi connectivity index (χ1v) is 8.40. The lowest BCUT2D eigenvalue weighted by Gasteiger charge is -2.39. The summed E-state index contributed by atoms with van der Waals surface area (Å²) < 4.78 is 0. The number of nitrogens with one attached hydrogen (secondary N) is 2. The molecule has 1 amide bonds. The number of aromatic nitrogens is 3. The highest BCUT2D eigenvalue weighted by Gasteiger charge is 2.38. The van der Waals surface area contributed by atoms with E-state index >= 15 is 0 Å². The zero-order valence-corrected chi connectivity index (χ0v) is 16.2. The molecule has 0 aromatic carbocycles. The molecular formula is C17H25Cl2N5O. The number of carbonyl (C=O) groups excluding carboxylic acids is 1. The number of aromatic amines is 1. The Bertz CT molecular complexity index is 760. The molecule has 8 heteroatoms. The average molecular weight is 386 g/mol. The standard InChI is InChI=1S/C17H23N5O.2ClH/c1-11-9-13(14-12(2)20-21-15(14)19-11)16(23)22-7-4-17(5-8-22)3-6-18-10-17;;/h9,18H,3-8,10H2,1-2H3,(H,19,20,21);2*1H. The summed E-state index contributed by atoms with van der Waals surface area (Å²) in [7, 11) is 0. The number of piperidine rings is 1. The molecule has 1 spiro atoms. The van der Waals surface area contributed by atoms with E-state index in [0.29, 0.717) is 11.1 Å². The Morgan fingerprint density at radius 1 is 1.20 bits per heavy atom. The molecular weight excluding hydrogens is 361 g/mol. The highest BCUT2D eigenvalue weighted by molar-refractivity contribution is 6.06. The minimum atomic E-state index is 0. The SMILES string of the molecule is Cc1cc(C(=O)N2CCC3(CCNC3)CC2)c2c(C)[nH]nc2n1.Cl.Cl. The third-order valence-electron chi connectivity index (χ3n) is 5.51. The number of amides is 1. The Balaban J connectivity index is 0.00000113. The van der Waals surface area contributed by atoms with Gasteiger partial charge in [-0.05, 0) is 51.1 Å². The van der Waals surface area contributed by atoms with Crippen LogP contribution in [0.1, 0.15) is 41.0 Å². The van der Waals surface area contributed by atoms with Gasteiger partial charge in [0.2, 0.25) is 0 Å². The second-order valence-corrected chi connectivity index (χ2v) is 7.08. The van der Waals surface area contributed by atoms with Crippen molar-refractivity contribution >= 4 is 41.8 Å². The van der Waals surface area contributed by atoms with E-state index < -0.39 is 0 Å². The molecule has 2 aromatic heterocycles. The van der Waals surface area contributed by atoms with Gasteiger partial charge in [0.15, 0.2) is 5.65 Å². The fraction of sp³-hybridized carbons (Fsp3) is 0.588. The van der Waals surface area contributed by atoms with E-state index in [1.165, 1.54) is 6.42 Å². The van der Waals surface area contributed by atoms with Crippen LogP contribution in [-0.4, -0.2) is 52.2 Å². The van der Waals surface area contributed by atoms with Gasteiger partial charge in [-0.1, -0.05) is 0 Å². The van der Waals surface area contributed by atoms with Gasteiger partial charge in [0, 0.05) is 31.0 Å². The molecule has 0 unspecified atom stereocenters. The van der Waals surface area contributed by atoms with Crippen molar-refractivity contribution in [1.29, 1.82) is 0 Å². The molecule has 2 aliphatic heterocycles. The molecule has 138 valence electrons. The Morgan fingerprint density at radius 3 is 2.56 bits per heavy atom. The predicted octanol–water partition coefficient (Wildman–Crippen LogP) is 2.63. The van der Waals surface area contributed by atoms with E-state index in [1.54, 1.807) is 0 Å². The van der Waals surface area contributed by atoms with Gasteiger partial charge in [-0.25, -0.2) is 4.98 Å². The molecule has 2 fully saturated rings. The molecule has 2 aromatic rings. The Kier molecular flexibility index (Phi) is 5.97. The van der Waals surface area contributed by atoms with Crippen molar-refractivity contribution in [2.24, 2.45) is 5.41 Å². The molecule has 6 nitrogen and oxygen atoms in total. The van der Waals surface area contributed by atoms with Crippen molar-refractivity contribution < 1.29 is 4.79 Å². The van der Waals surface area contributed by atoms with Crippen molar-refractivity contribution in [1.82, 2.24) is 25.4 Å². The number of hydrogen-bond acceptors (Lipinski definition) is 4. The number of H-pyrrole nitrogens is 1. The molecule has 0 saturated carbocycles. The van der Waals surface area contributed by atoms with Crippen molar-refractivity contribution in [3.63, 3.8) is 0 Å². The van der Waals surface area contributed by atoms with Crippen LogP contribution in [0.25, 0.3) is 11.0 Å². The number of halogens is 2. The van der Waals surface area contributed by atoms with Crippen LogP contribution in [0.15, 0.2) is 6.07 Å². The van der Waals surface area contributed by atoms with E-state index in [4.69, 9.17) is 0 Å². The molecule has 4 rings (SSSR count). The third kappa shape index (κ3) is 3.48. The maximum absolute atomic E-state index is 13.1. The number of rotatable bonds is 1. The molecule has 2 aliphatic rings. The van der Waals surface area contributed by atoms with Gasteiger partial charge in [0.1, 0.15) is 0 Å². The number of hydrogen-bond donors (Lipinski definition) is 2. The van der Waals surface area contributed by atoms with E-state index in [-0.39, 0.29) is 30.7 Å². The minimum absolute atomic E-state index is 0. The van der Waals surface area contributed by atoms with Gasteiger partial charge < -0.3 is 10.2 Å². The number of pyridine rings is 1. The minimum Gasteiger partial charge on any atom is -0.339 e. The summed E-state index contributed by atoms with van der Waals surface area (Å²) in [6.07, 6.45) is 3.45. The van der Waals surface area contributed by atoms with Crippen LogP contribution in [0.3, 0.4) is 0 Å². The Labute approximate surface area is 160 Å². The van der Waals surface area contributed by atoms with Crippen molar-refractivity contribution in [3.05, 3.63) is 23.0 Å². The molecule has 0 aliphatic carbocycles. The highest BCUT2D eigenvalue weighted by atomic mass is 35.5. The van der Waals surface area contributed by atoms with Crippen LogP contribution in [0, 0.1) is 19.3 Å². The molecule has 0 bridgehead atoms. The second-order valence-electron chi connectivity index (χ2n) is 7.08. The predicted molar refractivity (Wildman–Crippen MR) is 103 cm³/mol. The van der Waals surface area contributed by atoms with Crippen molar-refractivity contribution in [2.45, 2.75) is 33.1 Å². The fourth-order valence-corrected chi connectivity index (χ4v) is 4.05. The van der Waals surface area contributed by atoms with Gasteiger partial charge in [0.25, 0.3) is 5.91 Å². The lowest BCUT2D eigenvalue weighted by molar-refractivity contribution is 0.0609. The zero-order valence-electron chi connectivity index (χ0n) is 14.6. The van der Waals surface area contributed by atoms with E-state index in [0.717, 1.165) is 61.4 Å². The summed E-state index contributed by atoms with van der Waals surface area (Å²) in [6, 6.07) is 1.90. The van der Waals surface area contributed by atoms with Crippen LogP contribution < -0.4 is 5.32 Å². The normalized spacial score (nSPS) is 18.9. The summed E-state index contributed by atoms with van der Waals surface area (Å²) in [5, 5.41) is 11.5. The largest absolute Gasteiger partial charge is 0.339 e. The molecule has 4 heterocycles. The van der Waals surface area contributed by atoms with Crippen LogP contribution in [0.2, 0.25) is 0 Å². The molecule has 2 N–H and O–H groups in total. The van der Waals surface area contributed by atoms with Gasteiger partial charge in [-0.15, -0.1) is 24.8 Å². The number of fused-ring (bicyclic) bond motifs is 1. The van der Waals surface area contributed by atoms with Crippen LogP contribution in [0.4, 0.5) is 0 Å². The highest BCUT2D eigenvalue weighted by Crippen LogP contribution is 2.37. The molecule has 0 atom stereocenters. The number of nitrogens with zero attached hydrogens (tertiary/aromatic N) is 3. The van der Waals surface area contributed by atoms with Gasteiger partial charge in [-0.2, -0.15) is 5.10 Å². The lowest BCUT2D eigenvalue weighted by atomic mass is 9.77. The first kappa shape index (κ1) is 19.9. The van der Waals surface area contributed by atoms with E-state index in [9.17, 15) is 4.79 Å². The number of carbonyl (C=O) groups is 1. The molecule has 0 radical (unpaired) electrons. The van der Waals surface area contributed by atoms with Gasteiger partial charge in [-0.3, -0.25) is 9.89 Å². The summed E-state index contributed by atoms with van der Waals surface area (Å²) in [5.41, 5.74) is 3.54. The maximum Gasteiger partial charge on any atom is 0.254 e. The van der Waals surface area contributed by atoms with Crippen LogP contribution >= 0.6 is 24.8 Å². The lowest BCUT2D eigenvalue weighted by Crippen LogP contribution is -2.44. The third-order valence-corrected chi connectivity index (χ3v) is 5.51. The fourth-order valence-electron chi connectivity index (χ4n) is 4.05. The number of aryl methyl sites for hydroxylation is 2. The smallest absolute Gasteiger partial charge is 0.254 e. The Morgan fingerprint density at radius 2 is 1.92 bits per heavy atom. The molecule has 2 saturated heterocycles. The van der Waals surface area contributed by atoms with Crippen LogP contribution in [-0.2, 0) is 0 Å². The van der Waals surface area contributed by atoms with Crippen molar-refractivity contribution in [3.8, 4) is 0 Å². The van der Waals surface area contributed by atoms with Gasteiger partial charge in [0.05, 0.1) is 10.9 Å². The Hall–Kier alpha value is -1.37. The second kappa shape index (κ2) is 7.48. The number of likely N-dealkylation sites (tertiary alicyclic amines) is 1.